The monoisotopic (exact) mass is 370 g/mol. The fourth-order valence-electron chi connectivity index (χ4n) is 4.95. The van der Waals surface area contributed by atoms with Crippen LogP contribution >= 0.6 is 18.5 Å². The van der Waals surface area contributed by atoms with Crippen LogP contribution in [0.1, 0.15) is 32.1 Å². The van der Waals surface area contributed by atoms with Gasteiger partial charge >= 0.3 is 134 Å². The molecule has 0 amide bonds. The van der Waals surface area contributed by atoms with E-state index >= 15 is 0 Å². The van der Waals surface area contributed by atoms with Crippen LogP contribution in [-0.2, 0) is 0 Å². The Hall–Kier alpha value is 0.199. The molecule has 0 heterocycles. The van der Waals surface area contributed by atoms with Gasteiger partial charge in [-0.25, -0.2) is 0 Å². The molecule has 4 saturated carbocycles. The molecule has 5 rings (SSSR count). The summed E-state index contributed by atoms with van der Waals surface area (Å²) in [5.74, 6) is 4.71. The van der Waals surface area contributed by atoms with Crippen LogP contribution in [0.4, 0.5) is 0 Å². The Balaban J connectivity index is 1.49. The van der Waals surface area contributed by atoms with Crippen molar-refractivity contribution in [2.75, 3.05) is 0 Å². The summed E-state index contributed by atoms with van der Waals surface area (Å²) in [4.78, 5) is 0. The van der Waals surface area contributed by atoms with E-state index in [2.05, 4.69) is 30.3 Å². The first-order valence-electron chi connectivity index (χ1n) is 7.75. The third-order valence-electron chi connectivity index (χ3n) is 5.48. The van der Waals surface area contributed by atoms with Crippen LogP contribution in [0.5, 0.6) is 0 Å². The Bertz CT molecular complexity index is 485. The summed E-state index contributed by atoms with van der Waals surface area (Å²) in [7, 11) is 0. The van der Waals surface area contributed by atoms with E-state index in [1.165, 1.54) is 48.2 Å². The van der Waals surface area contributed by atoms with Gasteiger partial charge in [-0.2, -0.15) is 0 Å². The normalized spacial score (nSPS) is 39.2. The van der Waals surface area contributed by atoms with Gasteiger partial charge in [0.2, 0.25) is 0 Å². The van der Waals surface area contributed by atoms with Crippen molar-refractivity contribution in [2.24, 2.45) is 29.6 Å². The molecule has 0 aliphatic heterocycles. The van der Waals surface area contributed by atoms with Crippen molar-refractivity contribution in [3.05, 3.63) is 30.3 Å². The van der Waals surface area contributed by atoms with E-state index in [0.29, 0.717) is 14.5 Å². The molecule has 106 valence electrons. The fraction of sp³-hybridized carbons (Fsp3) is 0.588. The molecular weight excluding hydrogens is 350 g/mol. The molecule has 0 N–H and O–H groups in total. The van der Waals surface area contributed by atoms with Crippen molar-refractivity contribution in [3.63, 3.8) is 0 Å². The van der Waals surface area contributed by atoms with Gasteiger partial charge < -0.3 is 0 Å². The predicted octanol–water partition coefficient (Wildman–Crippen LogP) is 4.32. The molecule has 0 radical (unpaired) electrons. The summed E-state index contributed by atoms with van der Waals surface area (Å²) in [6.07, 6.45) is 7.43. The molecule has 20 heavy (non-hydrogen) atoms. The zero-order valence-electron chi connectivity index (χ0n) is 11.5. The molecule has 4 aliphatic rings. The van der Waals surface area contributed by atoms with Gasteiger partial charge in [0, 0.05) is 0 Å². The Kier molecular flexibility index (Phi) is 3.99. The number of hydrogen-bond acceptors (Lipinski definition) is 0. The van der Waals surface area contributed by atoms with Gasteiger partial charge in [0.25, 0.3) is 0 Å². The third kappa shape index (κ3) is 2.64. The minimum absolute atomic E-state index is 0.493. The van der Waals surface area contributed by atoms with Crippen molar-refractivity contribution < 1.29 is 0 Å². The molecule has 0 nitrogen and oxygen atoms in total. The average Bonchev–Trinajstić information content (AvgIpc) is 2.45. The van der Waals surface area contributed by atoms with Crippen molar-refractivity contribution in [2.45, 2.75) is 32.1 Å². The van der Waals surface area contributed by atoms with Crippen LogP contribution in [0.2, 0.25) is 0 Å². The Morgan fingerprint density at radius 2 is 1.55 bits per heavy atom. The summed E-state index contributed by atoms with van der Waals surface area (Å²) < 4.78 is 2.77. The first-order chi connectivity index (χ1) is 9.79. The van der Waals surface area contributed by atoms with Gasteiger partial charge in [-0.1, -0.05) is 0 Å². The molecule has 0 spiro atoms. The third-order valence-corrected chi connectivity index (χ3v) is 11.2. The van der Waals surface area contributed by atoms with E-state index in [9.17, 15) is 0 Å². The summed E-state index contributed by atoms with van der Waals surface area (Å²) >= 11 is 7.29. The van der Waals surface area contributed by atoms with Crippen molar-refractivity contribution >= 4 is 42.2 Å². The van der Waals surface area contributed by atoms with Crippen molar-refractivity contribution in [3.8, 4) is 0 Å². The Morgan fingerprint density at radius 1 is 0.950 bits per heavy atom. The van der Waals surface area contributed by atoms with Gasteiger partial charge in [-0.05, 0) is 0 Å². The predicted molar refractivity (Wildman–Crippen MR) is 90.1 cm³/mol. The summed E-state index contributed by atoms with van der Waals surface area (Å²) in [6, 6.07) is 10.9. The minimum atomic E-state index is 0.493. The van der Waals surface area contributed by atoms with E-state index < -0.39 is 0 Å². The fourth-order valence-corrected chi connectivity index (χ4v) is 9.78. The molecule has 4 bridgehead atoms. The number of halogens is 1. The molecule has 4 aliphatic carbocycles. The van der Waals surface area contributed by atoms with E-state index in [1.54, 1.807) is 0 Å². The molecule has 3 heteroatoms. The van der Waals surface area contributed by atoms with Gasteiger partial charge in [-0.15, -0.1) is 0 Å². The van der Waals surface area contributed by atoms with Gasteiger partial charge in [-0.3, -0.25) is 0 Å². The summed E-state index contributed by atoms with van der Waals surface area (Å²) in [5.41, 5.74) is 0. The summed E-state index contributed by atoms with van der Waals surface area (Å²) in [6.45, 7) is 1.41. The maximum absolute atomic E-state index is 6.79. The topological polar surface area (TPSA) is 0 Å². The van der Waals surface area contributed by atoms with Crippen LogP contribution < -0.4 is 4.46 Å². The molecule has 0 unspecified atom stereocenters. The van der Waals surface area contributed by atoms with Gasteiger partial charge in [0.15, 0.2) is 0 Å². The zero-order valence-corrected chi connectivity index (χ0v) is 14.9. The zero-order chi connectivity index (χ0) is 13.5. The molecule has 0 aromatic heterocycles. The molecule has 1 aromatic carbocycles. The SMILES string of the molecule is ClC(=P[Se]c1ccccc1)C1C2CC3CC(C2)CC1C3. The Labute approximate surface area is 134 Å². The van der Waals surface area contributed by atoms with Gasteiger partial charge in [0.05, 0.1) is 0 Å². The molecule has 1 aromatic rings. The molecular formula is C17H20ClPSe. The van der Waals surface area contributed by atoms with E-state index in [-0.39, 0.29) is 0 Å². The maximum atomic E-state index is 6.79. The van der Waals surface area contributed by atoms with E-state index in [1.807, 2.05) is 0 Å². The van der Waals surface area contributed by atoms with E-state index in [0.717, 1.165) is 29.6 Å². The molecule has 4 fully saturated rings. The summed E-state index contributed by atoms with van der Waals surface area (Å²) in [5, 5.41) is 0. The average molecular weight is 370 g/mol. The van der Waals surface area contributed by atoms with Crippen LogP contribution in [0.15, 0.2) is 30.3 Å². The van der Waals surface area contributed by atoms with E-state index in [4.69, 9.17) is 11.6 Å². The van der Waals surface area contributed by atoms with Crippen LogP contribution in [0, 0.1) is 29.6 Å². The van der Waals surface area contributed by atoms with Gasteiger partial charge in [0.1, 0.15) is 0 Å². The standard InChI is InChI=1S/C17H20ClPSe/c18-17(19-20-15-4-2-1-3-5-15)16-13-7-11-6-12(9-13)10-14(16)8-11/h1-5,11-14,16H,6-10H2. The second-order valence-corrected chi connectivity index (χ2v) is 11.6. The number of rotatable bonds is 3. The number of hydrogen-bond donors (Lipinski definition) is 0. The van der Waals surface area contributed by atoms with Crippen LogP contribution in [0.3, 0.4) is 0 Å². The van der Waals surface area contributed by atoms with Crippen LogP contribution in [0.25, 0.3) is 0 Å². The molecule has 0 saturated heterocycles. The van der Waals surface area contributed by atoms with Crippen LogP contribution in [-0.4, -0.2) is 19.3 Å². The first kappa shape index (κ1) is 13.8. The second kappa shape index (κ2) is 5.77. The molecule has 0 atom stereocenters. The second-order valence-electron chi connectivity index (χ2n) is 6.77. The van der Waals surface area contributed by atoms with Crippen molar-refractivity contribution in [1.29, 1.82) is 0 Å². The van der Waals surface area contributed by atoms with Crippen molar-refractivity contribution in [1.82, 2.24) is 0 Å². The number of benzene rings is 1. The Morgan fingerprint density at radius 3 is 2.15 bits per heavy atom. The first-order valence-corrected chi connectivity index (χ1v) is 12.1. The quantitative estimate of drug-likeness (QED) is 0.550.